The van der Waals surface area contributed by atoms with E-state index in [0.29, 0.717) is 6.61 Å². The first-order valence-corrected chi connectivity index (χ1v) is 4.66. The van der Waals surface area contributed by atoms with Crippen molar-refractivity contribution in [3.63, 3.8) is 0 Å². The molecule has 0 aliphatic heterocycles. The number of carboxylic acid groups (broad SMARTS) is 1. The van der Waals surface area contributed by atoms with Crippen LogP contribution in [0.15, 0.2) is 0 Å². The van der Waals surface area contributed by atoms with Crippen molar-refractivity contribution in [3.8, 4) is 0 Å². The molecular weight excluding hydrogens is 188 g/mol. The Hall–Kier alpha value is -0.650. The Morgan fingerprint density at radius 3 is 1.86 bits per heavy atom. The molecule has 0 aromatic heterocycles. The second-order valence-electron chi connectivity index (χ2n) is 2.59. The zero-order valence-corrected chi connectivity index (χ0v) is 8.77. The van der Waals surface area contributed by atoms with Crippen LogP contribution >= 0.6 is 0 Å². The maximum absolute atomic E-state index is 9.96. The van der Waals surface area contributed by atoms with Crippen LogP contribution in [0.4, 0.5) is 0 Å². The fraction of sp³-hybridized carbons (Fsp3) is 0.889. The van der Waals surface area contributed by atoms with Gasteiger partial charge < -0.3 is 20.1 Å². The van der Waals surface area contributed by atoms with Crippen LogP contribution in [0.2, 0.25) is 0 Å². The molecule has 0 spiro atoms. The number of rotatable bonds is 6. The van der Waals surface area contributed by atoms with Crippen molar-refractivity contribution in [1.29, 1.82) is 0 Å². The molecule has 0 saturated carbocycles. The standard InChI is InChI=1S/C5H10O3.C4H10O2/c1-3-8-4(2)5(6)7;5-3-1-2-4-6/h4H,3H2,1-2H3,(H,6,7);5-6H,1-4H2. The number of carboxylic acids is 1. The molecule has 86 valence electrons. The Morgan fingerprint density at radius 2 is 1.71 bits per heavy atom. The van der Waals surface area contributed by atoms with Gasteiger partial charge in [-0.2, -0.15) is 0 Å². The molecule has 5 nitrogen and oxygen atoms in total. The van der Waals surface area contributed by atoms with E-state index in [0.717, 1.165) is 12.8 Å². The molecule has 0 aromatic rings. The summed E-state index contributed by atoms with van der Waals surface area (Å²) in [6.45, 7) is 4.11. The predicted octanol–water partition coefficient (Wildman–Crippen LogP) is 0.247. The van der Waals surface area contributed by atoms with E-state index in [9.17, 15) is 4.79 Å². The van der Waals surface area contributed by atoms with Gasteiger partial charge in [0, 0.05) is 19.8 Å². The highest BCUT2D eigenvalue weighted by atomic mass is 16.5. The first-order chi connectivity index (χ1) is 6.59. The Morgan fingerprint density at radius 1 is 1.29 bits per heavy atom. The third-order valence-electron chi connectivity index (χ3n) is 1.33. The molecule has 0 bridgehead atoms. The predicted molar refractivity (Wildman–Crippen MR) is 52.1 cm³/mol. The number of hydrogen-bond acceptors (Lipinski definition) is 4. The quantitative estimate of drug-likeness (QED) is 0.544. The van der Waals surface area contributed by atoms with E-state index < -0.39 is 12.1 Å². The molecule has 1 unspecified atom stereocenters. The summed E-state index contributed by atoms with van der Waals surface area (Å²) in [5.41, 5.74) is 0. The maximum Gasteiger partial charge on any atom is 0.332 e. The van der Waals surface area contributed by atoms with Gasteiger partial charge in [-0.15, -0.1) is 0 Å². The maximum atomic E-state index is 9.96. The highest BCUT2D eigenvalue weighted by Crippen LogP contribution is 1.87. The van der Waals surface area contributed by atoms with Crippen LogP contribution in [0.25, 0.3) is 0 Å². The lowest BCUT2D eigenvalue weighted by Crippen LogP contribution is -2.19. The molecule has 14 heavy (non-hydrogen) atoms. The smallest absolute Gasteiger partial charge is 0.332 e. The lowest BCUT2D eigenvalue weighted by atomic mass is 10.3. The van der Waals surface area contributed by atoms with E-state index in [1.165, 1.54) is 6.92 Å². The SMILES string of the molecule is CCOC(C)C(=O)O.OCCCCO. The number of aliphatic hydroxyl groups is 2. The van der Waals surface area contributed by atoms with Gasteiger partial charge >= 0.3 is 5.97 Å². The molecule has 0 saturated heterocycles. The van der Waals surface area contributed by atoms with Crippen molar-refractivity contribution in [1.82, 2.24) is 0 Å². The monoisotopic (exact) mass is 208 g/mol. The summed E-state index contributed by atoms with van der Waals surface area (Å²) in [7, 11) is 0. The fourth-order valence-electron chi connectivity index (χ4n) is 0.545. The third kappa shape index (κ3) is 13.9. The van der Waals surface area contributed by atoms with Gasteiger partial charge in [0.25, 0.3) is 0 Å². The summed E-state index contributed by atoms with van der Waals surface area (Å²) < 4.78 is 4.70. The molecule has 3 N–H and O–H groups in total. The third-order valence-corrected chi connectivity index (χ3v) is 1.33. The van der Waals surface area contributed by atoms with Gasteiger partial charge in [0.1, 0.15) is 0 Å². The van der Waals surface area contributed by atoms with Crippen LogP contribution in [0, 0.1) is 0 Å². The van der Waals surface area contributed by atoms with Gasteiger partial charge in [0.05, 0.1) is 0 Å². The molecule has 0 heterocycles. The topological polar surface area (TPSA) is 87.0 Å². The number of aliphatic hydroxyl groups excluding tert-OH is 2. The minimum Gasteiger partial charge on any atom is -0.479 e. The summed E-state index contributed by atoms with van der Waals surface area (Å²) in [6, 6.07) is 0. The highest BCUT2D eigenvalue weighted by molar-refractivity contribution is 5.71. The van der Waals surface area contributed by atoms with Crippen molar-refractivity contribution in [3.05, 3.63) is 0 Å². The van der Waals surface area contributed by atoms with Crippen LogP contribution in [0.3, 0.4) is 0 Å². The minimum atomic E-state index is -0.910. The molecule has 1 atom stereocenters. The first-order valence-electron chi connectivity index (χ1n) is 4.66. The van der Waals surface area contributed by atoms with E-state index in [1.807, 2.05) is 0 Å². The molecule has 0 aliphatic carbocycles. The first kappa shape index (κ1) is 15.8. The molecule has 0 fully saturated rings. The van der Waals surface area contributed by atoms with E-state index in [2.05, 4.69) is 0 Å². The van der Waals surface area contributed by atoms with Crippen LogP contribution < -0.4 is 0 Å². The lowest BCUT2D eigenvalue weighted by molar-refractivity contribution is -0.148. The second-order valence-corrected chi connectivity index (χ2v) is 2.59. The van der Waals surface area contributed by atoms with E-state index >= 15 is 0 Å². The Kier molecular flexibility index (Phi) is 13.9. The van der Waals surface area contributed by atoms with Gasteiger partial charge in [-0.05, 0) is 26.7 Å². The molecule has 0 rings (SSSR count). The second kappa shape index (κ2) is 12.3. The largest absolute Gasteiger partial charge is 0.479 e. The summed E-state index contributed by atoms with van der Waals surface area (Å²) in [5.74, 6) is -0.910. The summed E-state index contributed by atoms with van der Waals surface area (Å²) in [6.07, 6.45) is 0.771. The Balaban J connectivity index is 0. The fourth-order valence-corrected chi connectivity index (χ4v) is 0.545. The summed E-state index contributed by atoms with van der Waals surface area (Å²) in [4.78, 5) is 9.96. The average Bonchev–Trinajstić information content (AvgIpc) is 2.16. The minimum absolute atomic E-state index is 0.195. The van der Waals surface area contributed by atoms with Crippen molar-refractivity contribution < 1.29 is 24.9 Å². The molecule has 5 heteroatoms. The van der Waals surface area contributed by atoms with Crippen molar-refractivity contribution in [2.75, 3.05) is 19.8 Å². The summed E-state index contributed by atoms with van der Waals surface area (Å²) >= 11 is 0. The zero-order chi connectivity index (χ0) is 11.4. The summed E-state index contributed by atoms with van der Waals surface area (Å²) in [5, 5.41) is 24.4. The molecular formula is C9H20O5. The normalized spacial score (nSPS) is 11.4. The van der Waals surface area contributed by atoms with Crippen molar-refractivity contribution >= 4 is 5.97 Å². The van der Waals surface area contributed by atoms with E-state index in [-0.39, 0.29) is 13.2 Å². The number of unbranched alkanes of at least 4 members (excludes halogenated alkanes) is 1. The van der Waals surface area contributed by atoms with Crippen LogP contribution in [-0.4, -0.2) is 47.2 Å². The number of ether oxygens (including phenoxy) is 1. The van der Waals surface area contributed by atoms with Gasteiger partial charge in [-0.1, -0.05) is 0 Å². The number of aliphatic carboxylic acids is 1. The van der Waals surface area contributed by atoms with Crippen molar-refractivity contribution in [2.45, 2.75) is 32.8 Å². The molecule has 0 aromatic carbocycles. The van der Waals surface area contributed by atoms with Gasteiger partial charge in [0.2, 0.25) is 0 Å². The molecule has 0 amide bonds. The van der Waals surface area contributed by atoms with Gasteiger partial charge in [-0.3, -0.25) is 0 Å². The zero-order valence-electron chi connectivity index (χ0n) is 8.77. The van der Waals surface area contributed by atoms with Crippen LogP contribution in [0.5, 0.6) is 0 Å². The van der Waals surface area contributed by atoms with Gasteiger partial charge in [-0.25, -0.2) is 4.79 Å². The highest BCUT2D eigenvalue weighted by Gasteiger charge is 2.07. The number of hydrogen-bond donors (Lipinski definition) is 3. The van der Waals surface area contributed by atoms with Gasteiger partial charge in [0.15, 0.2) is 6.10 Å². The molecule has 0 aliphatic rings. The van der Waals surface area contributed by atoms with Crippen LogP contribution in [0.1, 0.15) is 26.7 Å². The average molecular weight is 208 g/mol. The Labute approximate surface area is 84.3 Å². The number of carbonyl (C=O) groups is 1. The van der Waals surface area contributed by atoms with Crippen molar-refractivity contribution in [2.24, 2.45) is 0 Å². The molecule has 0 radical (unpaired) electrons. The Bertz CT molecular complexity index is 122. The lowest BCUT2D eigenvalue weighted by Gasteiger charge is -2.03. The van der Waals surface area contributed by atoms with E-state index in [4.69, 9.17) is 20.1 Å². The van der Waals surface area contributed by atoms with E-state index in [1.54, 1.807) is 6.92 Å². The van der Waals surface area contributed by atoms with Crippen LogP contribution in [-0.2, 0) is 9.53 Å².